The van der Waals surface area contributed by atoms with Crippen molar-refractivity contribution in [1.29, 1.82) is 0 Å². The highest BCUT2D eigenvalue weighted by atomic mass is 16.5. The van der Waals surface area contributed by atoms with Crippen molar-refractivity contribution in [1.82, 2.24) is 9.88 Å². The standard InChI is InChI=1S/C19H27N3O3/c20-16-2-1-9-22-17(16)11-24-14-5-3-13(4-6-14)15-7-8-21-10-18(15)25-12-19(22)23/h7-8,10,13-14,16-17H,1-6,9,11-12,20H2/t13-,14+,16-,17-/m0/s1. The molecule has 0 aromatic carbocycles. The van der Waals surface area contributed by atoms with E-state index in [4.69, 9.17) is 15.2 Å². The average molecular weight is 345 g/mol. The molecule has 0 radical (unpaired) electrons. The molecule has 2 atom stereocenters. The molecule has 2 fully saturated rings. The van der Waals surface area contributed by atoms with Crippen LogP contribution in [0.3, 0.4) is 0 Å². The summed E-state index contributed by atoms with van der Waals surface area (Å²) in [5.41, 5.74) is 7.49. The number of ether oxygens (including phenoxy) is 2. The fourth-order valence-electron chi connectivity index (χ4n) is 4.46. The van der Waals surface area contributed by atoms with Crippen LogP contribution in [0.5, 0.6) is 5.75 Å². The number of piperidine rings is 1. The number of nitrogens with zero attached hydrogens (tertiary/aromatic N) is 2. The Hall–Kier alpha value is -1.66. The van der Waals surface area contributed by atoms with Gasteiger partial charge in [0.15, 0.2) is 6.61 Å². The Morgan fingerprint density at radius 1 is 1.20 bits per heavy atom. The van der Waals surface area contributed by atoms with Crippen LogP contribution in [0, 0.1) is 0 Å². The summed E-state index contributed by atoms with van der Waals surface area (Å²) in [6.07, 6.45) is 9.96. The number of amides is 1. The Kier molecular flexibility index (Phi) is 4.90. The summed E-state index contributed by atoms with van der Waals surface area (Å²) < 4.78 is 12.1. The van der Waals surface area contributed by atoms with E-state index in [1.807, 2.05) is 17.2 Å². The van der Waals surface area contributed by atoms with E-state index in [1.165, 1.54) is 5.56 Å². The molecule has 4 aliphatic rings. The van der Waals surface area contributed by atoms with E-state index in [0.29, 0.717) is 12.5 Å². The first kappa shape index (κ1) is 16.8. The van der Waals surface area contributed by atoms with Crippen molar-refractivity contribution in [3.63, 3.8) is 0 Å². The van der Waals surface area contributed by atoms with Crippen LogP contribution in [-0.4, -0.2) is 53.7 Å². The van der Waals surface area contributed by atoms with Crippen molar-refractivity contribution in [2.75, 3.05) is 19.8 Å². The van der Waals surface area contributed by atoms with Gasteiger partial charge in [-0.05, 0) is 50.5 Å². The second kappa shape index (κ2) is 7.30. The maximum atomic E-state index is 12.8. The molecule has 2 bridgehead atoms. The van der Waals surface area contributed by atoms with E-state index in [1.54, 1.807) is 6.20 Å². The van der Waals surface area contributed by atoms with Gasteiger partial charge in [-0.3, -0.25) is 9.78 Å². The minimum Gasteiger partial charge on any atom is -0.482 e. The van der Waals surface area contributed by atoms with Gasteiger partial charge in [-0.15, -0.1) is 0 Å². The van der Waals surface area contributed by atoms with Crippen LogP contribution in [0.1, 0.15) is 50.0 Å². The quantitative estimate of drug-likeness (QED) is 0.776. The van der Waals surface area contributed by atoms with E-state index in [0.717, 1.165) is 50.8 Å². The van der Waals surface area contributed by atoms with Crippen molar-refractivity contribution in [2.24, 2.45) is 5.73 Å². The minimum atomic E-state index is -0.0447. The van der Waals surface area contributed by atoms with E-state index < -0.39 is 0 Å². The van der Waals surface area contributed by atoms with Gasteiger partial charge in [0.25, 0.3) is 5.91 Å². The Morgan fingerprint density at radius 3 is 2.88 bits per heavy atom. The van der Waals surface area contributed by atoms with Crippen LogP contribution < -0.4 is 10.5 Å². The largest absolute Gasteiger partial charge is 0.482 e. The van der Waals surface area contributed by atoms with Gasteiger partial charge in [0, 0.05) is 24.3 Å². The zero-order chi connectivity index (χ0) is 17.2. The summed E-state index contributed by atoms with van der Waals surface area (Å²) in [7, 11) is 0. The molecular weight excluding hydrogens is 318 g/mol. The third kappa shape index (κ3) is 3.51. The highest BCUT2D eigenvalue weighted by molar-refractivity contribution is 5.78. The average Bonchev–Trinajstić information content (AvgIpc) is 2.66. The number of aromatic nitrogens is 1. The molecule has 0 unspecified atom stereocenters. The summed E-state index contributed by atoms with van der Waals surface area (Å²) in [6.45, 7) is 1.31. The highest BCUT2D eigenvalue weighted by Gasteiger charge is 2.34. The molecule has 1 saturated heterocycles. The summed E-state index contributed by atoms with van der Waals surface area (Å²) in [4.78, 5) is 18.8. The first-order valence-electron chi connectivity index (χ1n) is 9.45. The minimum absolute atomic E-state index is 0.00912. The van der Waals surface area contributed by atoms with E-state index in [-0.39, 0.29) is 30.7 Å². The van der Waals surface area contributed by atoms with Crippen LogP contribution >= 0.6 is 0 Å². The number of carbonyl (C=O) groups excluding carboxylic acids is 1. The second-order valence-corrected chi connectivity index (χ2v) is 7.47. The maximum Gasteiger partial charge on any atom is 0.260 e. The van der Waals surface area contributed by atoms with Gasteiger partial charge in [0.05, 0.1) is 24.9 Å². The third-order valence-corrected chi connectivity index (χ3v) is 5.94. The molecule has 1 saturated carbocycles. The second-order valence-electron chi connectivity index (χ2n) is 7.47. The normalized spacial score (nSPS) is 33.3. The van der Waals surface area contributed by atoms with Gasteiger partial charge in [0.1, 0.15) is 5.75 Å². The van der Waals surface area contributed by atoms with Crippen LogP contribution in [0.25, 0.3) is 0 Å². The lowest BCUT2D eigenvalue weighted by Gasteiger charge is -2.40. The summed E-state index contributed by atoms with van der Waals surface area (Å²) in [5.74, 6) is 1.20. The molecule has 5 rings (SSSR count). The molecule has 6 nitrogen and oxygen atoms in total. The molecule has 1 aromatic rings. The number of pyridine rings is 1. The molecule has 136 valence electrons. The van der Waals surface area contributed by atoms with Crippen molar-refractivity contribution < 1.29 is 14.3 Å². The molecule has 1 aliphatic carbocycles. The highest BCUT2D eigenvalue weighted by Crippen LogP contribution is 2.38. The van der Waals surface area contributed by atoms with Crippen LogP contribution in [0.15, 0.2) is 18.5 Å². The Balaban J connectivity index is 1.61. The molecule has 25 heavy (non-hydrogen) atoms. The number of rotatable bonds is 0. The Bertz CT molecular complexity index is 616. The van der Waals surface area contributed by atoms with Gasteiger partial charge < -0.3 is 20.1 Å². The maximum absolute atomic E-state index is 12.8. The number of hydrogen-bond donors (Lipinski definition) is 1. The predicted octanol–water partition coefficient (Wildman–Crippen LogP) is 1.84. The van der Waals surface area contributed by atoms with Crippen molar-refractivity contribution in [3.05, 3.63) is 24.0 Å². The monoisotopic (exact) mass is 345 g/mol. The lowest BCUT2D eigenvalue weighted by Crippen LogP contribution is -2.57. The topological polar surface area (TPSA) is 77.7 Å². The summed E-state index contributed by atoms with van der Waals surface area (Å²) in [6, 6.07) is 1.97. The number of fused-ring (bicyclic) bond motifs is 5. The first-order chi connectivity index (χ1) is 12.2. The molecule has 1 aromatic heterocycles. The van der Waals surface area contributed by atoms with Gasteiger partial charge in [-0.25, -0.2) is 0 Å². The number of carbonyl (C=O) groups is 1. The molecule has 1 amide bonds. The molecule has 6 heteroatoms. The first-order valence-corrected chi connectivity index (χ1v) is 9.45. The Labute approximate surface area is 148 Å². The SMILES string of the molecule is N[C@H]1CCCN2C(=O)COc3cnccc3[C@H]3CC[C@H](CC3)OC[C@@H]12. The van der Waals surface area contributed by atoms with Gasteiger partial charge in [-0.1, -0.05) is 0 Å². The molecule has 3 aliphatic heterocycles. The molecule has 4 heterocycles. The van der Waals surface area contributed by atoms with E-state index in [2.05, 4.69) is 4.98 Å². The summed E-state index contributed by atoms with van der Waals surface area (Å²) >= 11 is 0. The van der Waals surface area contributed by atoms with Gasteiger partial charge in [-0.2, -0.15) is 0 Å². The van der Waals surface area contributed by atoms with Crippen molar-refractivity contribution in [2.45, 2.75) is 62.6 Å². The fourth-order valence-corrected chi connectivity index (χ4v) is 4.46. The zero-order valence-electron chi connectivity index (χ0n) is 14.6. The molecule has 2 N–H and O–H groups in total. The lowest BCUT2D eigenvalue weighted by molar-refractivity contribution is -0.140. The molecule has 0 spiro atoms. The Morgan fingerprint density at radius 2 is 2.04 bits per heavy atom. The molecular formula is C19H27N3O3. The third-order valence-electron chi connectivity index (χ3n) is 5.94. The van der Waals surface area contributed by atoms with Crippen LogP contribution in [0.2, 0.25) is 0 Å². The van der Waals surface area contributed by atoms with Crippen LogP contribution in [-0.2, 0) is 9.53 Å². The smallest absolute Gasteiger partial charge is 0.260 e. The van der Waals surface area contributed by atoms with Crippen LogP contribution in [0.4, 0.5) is 0 Å². The van der Waals surface area contributed by atoms with Crippen molar-refractivity contribution in [3.8, 4) is 5.75 Å². The lowest BCUT2D eigenvalue weighted by atomic mass is 9.82. The number of hydrogen-bond acceptors (Lipinski definition) is 5. The van der Waals surface area contributed by atoms with Gasteiger partial charge >= 0.3 is 0 Å². The fraction of sp³-hybridized carbons (Fsp3) is 0.684. The summed E-state index contributed by atoms with van der Waals surface area (Å²) in [5, 5.41) is 0. The van der Waals surface area contributed by atoms with Gasteiger partial charge in [0.2, 0.25) is 0 Å². The van der Waals surface area contributed by atoms with Crippen molar-refractivity contribution >= 4 is 5.91 Å². The predicted molar refractivity (Wildman–Crippen MR) is 93.4 cm³/mol. The van der Waals surface area contributed by atoms with E-state index in [9.17, 15) is 4.79 Å². The van der Waals surface area contributed by atoms with E-state index >= 15 is 0 Å². The number of nitrogens with two attached hydrogens (primary N) is 1. The zero-order valence-corrected chi connectivity index (χ0v) is 14.6.